The Morgan fingerprint density at radius 2 is 1.79 bits per heavy atom. The van der Waals surface area contributed by atoms with Gasteiger partial charge in [-0.25, -0.2) is 0 Å². The molecule has 4 nitrogen and oxygen atoms in total. The second-order valence-electron chi connectivity index (χ2n) is 6.03. The normalized spacial score (nSPS) is 11.3. The van der Waals surface area contributed by atoms with Crippen LogP contribution in [0.3, 0.4) is 0 Å². The Labute approximate surface area is 145 Å². The van der Waals surface area contributed by atoms with Crippen LogP contribution >= 0.6 is 11.3 Å². The fraction of sp³-hybridized carbons (Fsp3) is 0.263. The Balaban J connectivity index is 1.87. The summed E-state index contributed by atoms with van der Waals surface area (Å²) < 4.78 is 0. The number of pyridine rings is 1. The average molecular weight is 339 g/mol. The lowest BCUT2D eigenvalue weighted by atomic mass is 10.1. The second kappa shape index (κ2) is 7.55. The number of hydrogen-bond donors (Lipinski definition) is 1. The number of aromatic amines is 1. The van der Waals surface area contributed by atoms with Crippen molar-refractivity contribution in [3.8, 4) is 11.3 Å². The molecule has 0 aliphatic rings. The van der Waals surface area contributed by atoms with Crippen LogP contribution in [0, 0.1) is 0 Å². The van der Waals surface area contributed by atoms with Crippen molar-refractivity contribution in [1.29, 1.82) is 0 Å². The molecule has 0 unspecified atom stereocenters. The summed E-state index contributed by atoms with van der Waals surface area (Å²) in [4.78, 5) is 22.4. The van der Waals surface area contributed by atoms with Crippen LogP contribution in [0.1, 0.15) is 24.3 Å². The molecule has 0 aliphatic heterocycles. The molecule has 124 valence electrons. The number of hydrogen-bond acceptors (Lipinski definition) is 4. The molecule has 0 atom stereocenters. The highest BCUT2D eigenvalue weighted by Gasteiger charge is 2.17. The van der Waals surface area contributed by atoms with E-state index >= 15 is 0 Å². The summed E-state index contributed by atoms with van der Waals surface area (Å²) in [7, 11) is 0. The van der Waals surface area contributed by atoms with Crippen molar-refractivity contribution in [2.45, 2.75) is 33.0 Å². The van der Waals surface area contributed by atoms with Crippen molar-refractivity contribution in [2.24, 2.45) is 0 Å². The fourth-order valence-corrected chi connectivity index (χ4v) is 3.52. The van der Waals surface area contributed by atoms with Gasteiger partial charge in [-0.3, -0.25) is 14.7 Å². The number of aromatic nitrogens is 2. The SMILES string of the molecule is CC(C)N(Cc1ccccc1)Cc1sc(=O)[nH]c1-c1ccncc1. The van der Waals surface area contributed by atoms with Gasteiger partial charge in [-0.2, -0.15) is 0 Å². The van der Waals surface area contributed by atoms with Crippen LogP contribution in [0.15, 0.2) is 59.7 Å². The van der Waals surface area contributed by atoms with Gasteiger partial charge in [0.25, 0.3) is 0 Å². The molecule has 0 bridgehead atoms. The maximum Gasteiger partial charge on any atom is 0.305 e. The fourth-order valence-electron chi connectivity index (χ4n) is 2.65. The van der Waals surface area contributed by atoms with Crippen LogP contribution < -0.4 is 4.87 Å². The van der Waals surface area contributed by atoms with E-state index in [-0.39, 0.29) is 4.87 Å². The van der Waals surface area contributed by atoms with Crippen LogP contribution in [0.5, 0.6) is 0 Å². The van der Waals surface area contributed by atoms with Crippen molar-refractivity contribution < 1.29 is 0 Å². The van der Waals surface area contributed by atoms with Gasteiger partial charge in [0.05, 0.1) is 5.69 Å². The molecule has 0 fully saturated rings. The molecular weight excluding hydrogens is 318 g/mol. The number of nitrogens with one attached hydrogen (secondary N) is 1. The monoisotopic (exact) mass is 339 g/mol. The molecule has 0 spiro atoms. The highest BCUT2D eigenvalue weighted by Crippen LogP contribution is 2.25. The first-order valence-corrected chi connectivity index (χ1v) is 8.85. The lowest BCUT2D eigenvalue weighted by Crippen LogP contribution is -2.29. The lowest BCUT2D eigenvalue weighted by molar-refractivity contribution is 0.206. The number of benzene rings is 1. The van der Waals surface area contributed by atoms with E-state index in [1.54, 1.807) is 12.4 Å². The van der Waals surface area contributed by atoms with Gasteiger partial charge >= 0.3 is 4.87 Å². The van der Waals surface area contributed by atoms with E-state index in [2.05, 4.69) is 53.0 Å². The predicted octanol–water partition coefficient (Wildman–Crippen LogP) is 3.91. The van der Waals surface area contributed by atoms with E-state index in [4.69, 9.17) is 0 Å². The summed E-state index contributed by atoms with van der Waals surface area (Å²) in [6, 6.07) is 14.7. The van der Waals surface area contributed by atoms with Gasteiger partial charge in [-0.1, -0.05) is 41.7 Å². The summed E-state index contributed by atoms with van der Waals surface area (Å²) in [5.41, 5.74) is 3.19. The number of nitrogens with zero attached hydrogens (tertiary/aromatic N) is 2. The summed E-state index contributed by atoms with van der Waals surface area (Å²) in [5.74, 6) is 0. The average Bonchev–Trinajstić information content (AvgIpc) is 2.96. The van der Waals surface area contributed by atoms with Crippen molar-refractivity contribution in [2.75, 3.05) is 0 Å². The smallest absolute Gasteiger partial charge is 0.305 e. The summed E-state index contributed by atoms with van der Waals surface area (Å²) in [6.07, 6.45) is 3.50. The molecular formula is C19H21N3OS. The van der Waals surface area contributed by atoms with Crippen molar-refractivity contribution in [1.82, 2.24) is 14.9 Å². The Kier molecular flexibility index (Phi) is 5.23. The largest absolute Gasteiger partial charge is 0.312 e. The van der Waals surface area contributed by atoms with Crippen LogP contribution in [0.2, 0.25) is 0 Å². The van der Waals surface area contributed by atoms with Gasteiger partial charge in [-0.05, 0) is 31.5 Å². The zero-order valence-electron chi connectivity index (χ0n) is 13.9. The first-order valence-electron chi connectivity index (χ1n) is 8.04. The molecule has 5 heteroatoms. The third-order valence-electron chi connectivity index (χ3n) is 4.00. The predicted molar refractivity (Wildman–Crippen MR) is 99.0 cm³/mol. The van der Waals surface area contributed by atoms with Crippen LogP contribution in [-0.4, -0.2) is 20.9 Å². The maximum absolute atomic E-state index is 11.9. The van der Waals surface area contributed by atoms with Gasteiger partial charge in [0.15, 0.2) is 0 Å². The zero-order valence-corrected chi connectivity index (χ0v) is 14.7. The van der Waals surface area contributed by atoms with E-state index in [9.17, 15) is 4.79 Å². The minimum Gasteiger partial charge on any atom is -0.312 e. The van der Waals surface area contributed by atoms with Crippen LogP contribution in [-0.2, 0) is 13.1 Å². The van der Waals surface area contributed by atoms with E-state index in [0.29, 0.717) is 6.04 Å². The van der Waals surface area contributed by atoms with Crippen LogP contribution in [0.4, 0.5) is 0 Å². The summed E-state index contributed by atoms with van der Waals surface area (Å²) in [6.45, 7) is 5.98. The van der Waals surface area contributed by atoms with E-state index in [1.807, 2.05) is 18.2 Å². The molecule has 0 saturated carbocycles. The topological polar surface area (TPSA) is 49.0 Å². The highest BCUT2D eigenvalue weighted by molar-refractivity contribution is 7.09. The highest BCUT2D eigenvalue weighted by atomic mass is 32.1. The molecule has 1 aromatic carbocycles. The molecule has 2 heterocycles. The molecule has 0 amide bonds. The van der Waals surface area contributed by atoms with Crippen LogP contribution in [0.25, 0.3) is 11.3 Å². The van der Waals surface area contributed by atoms with Gasteiger partial charge in [0.1, 0.15) is 0 Å². The molecule has 1 N–H and O–H groups in total. The standard InChI is InChI=1S/C19H21N3OS/c1-14(2)22(12-15-6-4-3-5-7-15)13-17-18(21-19(23)24-17)16-8-10-20-11-9-16/h3-11,14H,12-13H2,1-2H3,(H,21,23). The van der Waals surface area contributed by atoms with Crippen molar-refractivity contribution >= 4 is 11.3 Å². The molecule has 0 radical (unpaired) electrons. The van der Waals surface area contributed by atoms with Gasteiger partial charge in [0, 0.05) is 42.0 Å². The lowest BCUT2D eigenvalue weighted by Gasteiger charge is -2.26. The first kappa shape index (κ1) is 16.6. The molecule has 2 aromatic heterocycles. The molecule has 0 aliphatic carbocycles. The Morgan fingerprint density at radius 3 is 2.46 bits per heavy atom. The number of thiazole rings is 1. The van der Waals surface area contributed by atoms with Gasteiger partial charge in [0.2, 0.25) is 0 Å². The van der Waals surface area contributed by atoms with Crippen molar-refractivity contribution in [3.05, 3.63) is 75.0 Å². The summed E-state index contributed by atoms with van der Waals surface area (Å²) in [5, 5.41) is 0. The third-order valence-corrected chi connectivity index (χ3v) is 4.86. The quantitative estimate of drug-likeness (QED) is 0.741. The first-order chi connectivity index (χ1) is 11.6. The van der Waals surface area contributed by atoms with Gasteiger partial charge < -0.3 is 4.98 Å². The number of rotatable bonds is 6. The van der Waals surface area contributed by atoms with Crippen molar-refractivity contribution in [3.63, 3.8) is 0 Å². The minimum absolute atomic E-state index is 0.0137. The van der Waals surface area contributed by atoms with E-state index in [0.717, 1.165) is 29.2 Å². The Bertz CT molecular complexity index is 825. The zero-order chi connectivity index (χ0) is 16.9. The summed E-state index contributed by atoms with van der Waals surface area (Å²) >= 11 is 1.29. The Hall–Kier alpha value is -2.24. The molecule has 3 rings (SSSR count). The second-order valence-corrected chi connectivity index (χ2v) is 7.10. The molecule has 0 saturated heterocycles. The maximum atomic E-state index is 11.9. The van der Waals surface area contributed by atoms with E-state index in [1.165, 1.54) is 16.9 Å². The third kappa shape index (κ3) is 3.99. The van der Waals surface area contributed by atoms with E-state index < -0.39 is 0 Å². The molecule has 3 aromatic rings. The molecule has 24 heavy (non-hydrogen) atoms. The number of H-pyrrole nitrogens is 1. The Morgan fingerprint density at radius 1 is 1.08 bits per heavy atom. The minimum atomic E-state index is -0.0137. The van der Waals surface area contributed by atoms with Gasteiger partial charge in [-0.15, -0.1) is 0 Å².